The van der Waals surface area contributed by atoms with Crippen LogP contribution in [0.1, 0.15) is 54.0 Å². The number of nitrogens with zero attached hydrogens (tertiary/aromatic N) is 3. The lowest BCUT2D eigenvalue weighted by Crippen LogP contribution is -2.33. The summed E-state index contributed by atoms with van der Waals surface area (Å²) in [7, 11) is -3.59. The average Bonchev–Trinajstić information content (AvgIpc) is 2.89. The van der Waals surface area contributed by atoms with Gasteiger partial charge in [-0.05, 0) is 44.4 Å². The fourth-order valence-electron chi connectivity index (χ4n) is 3.14. The summed E-state index contributed by atoms with van der Waals surface area (Å²) in [4.78, 5) is 11.5. The fraction of sp³-hybridized carbons (Fsp3) is 0.474. The van der Waals surface area contributed by atoms with E-state index >= 15 is 0 Å². The maximum atomic E-state index is 13.2. The molecule has 1 aromatic carbocycles. The SMILES string of the molecule is CCCN(CCC)S(=O)(=O)c1c(C)nn(Cc2ccc(C(N)=O)cc2)c1C. The predicted molar refractivity (Wildman–Crippen MR) is 105 cm³/mol. The molecule has 0 aliphatic rings. The topological polar surface area (TPSA) is 98.3 Å². The average molecular weight is 393 g/mol. The van der Waals surface area contributed by atoms with Crippen LogP contribution in [-0.4, -0.2) is 41.5 Å². The van der Waals surface area contributed by atoms with Crippen molar-refractivity contribution in [1.29, 1.82) is 0 Å². The van der Waals surface area contributed by atoms with Crippen molar-refractivity contribution in [3.05, 3.63) is 46.8 Å². The smallest absolute Gasteiger partial charge is 0.248 e. The molecule has 0 aliphatic carbocycles. The number of carbonyl (C=O) groups is 1. The second-order valence-electron chi connectivity index (χ2n) is 6.62. The molecule has 0 atom stereocenters. The molecule has 0 bridgehead atoms. The molecule has 0 saturated carbocycles. The normalized spacial score (nSPS) is 11.9. The predicted octanol–water partition coefficient (Wildman–Crippen LogP) is 2.46. The third-order valence-corrected chi connectivity index (χ3v) is 6.58. The molecule has 7 nitrogen and oxygen atoms in total. The zero-order valence-electron chi connectivity index (χ0n) is 16.4. The van der Waals surface area contributed by atoms with Crippen molar-refractivity contribution in [3.63, 3.8) is 0 Å². The summed E-state index contributed by atoms with van der Waals surface area (Å²) in [6.45, 7) is 8.85. The van der Waals surface area contributed by atoms with E-state index in [9.17, 15) is 13.2 Å². The Kier molecular flexibility index (Phi) is 6.78. The van der Waals surface area contributed by atoms with Crippen LogP contribution in [0.4, 0.5) is 0 Å². The van der Waals surface area contributed by atoms with Gasteiger partial charge in [-0.1, -0.05) is 26.0 Å². The Morgan fingerprint density at radius 1 is 1.11 bits per heavy atom. The molecule has 0 aliphatic heterocycles. The van der Waals surface area contributed by atoms with Crippen molar-refractivity contribution in [2.24, 2.45) is 5.73 Å². The second-order valence-corrected chi connectivity index (χ2v) is 8.50. The standard InChI is InChI=1S/C19H28N4O3S/c1-5-11-22(12-6-2)27(25,26)18-14(3)21-23(15(18)4)13-16-7-9-17(10-8-16)19(20)24/h7-10H,5-6,11-13H2,1-4H3,(H2,20,24). The van der Waals surface area contributed by atoms with Crippen molar-refractivity contribution in [2.75, 3.05) is 13.1 Å². The minimum atomic E-state index is -3.59. The molecule has 2 rings (SSSR count). The lowest BCUT2D eigenvalue weighted by atomic mass is 10.1. The molecule has 148 valence electrons. The third kappa shape index (κ3) is 4.56. The summed E-state index contributed by atoms with van der Waals surface area (Å²) < 4.78 is 29.6. The van der Waals surface area contributed by atoms with Gasteiger partial charge >= 0.3 is 0 Å². The van der Waals surface area contributed by atoms with E-state index in [4.69, 9.17) is 5.73 Å². The Morgan fingerprint density at radius 2 is 1.67 bits per heavy atom. The number of benzene rings is 1. The summed E-state index contributed by atoms with van der Waals surface area (Å²) in [6.07, 6.45) is 1.52. The monoisotopic (exact) mass is 392 g/mol. The van der Waals surface area contributed by atoms with Gasteiger partial charge in [-0.2, -0.15) is 9.40 Å². The van der Waals surface area contributed by atoms with Gasteiger partial charge in [0, 0.05) is 18.7 Å². The van der Waals surface area contributed by atoms with Crippen molar-refractivity contribution in [2.45, 2.75) is 52.0 Å². The van der Waals surface area contributed by atoms with Gasteiger partial charge in [0.25, 0.3) is 0 Å². The van der Waals surface area contributed by atoms with Crippen LogP contribution in [0.15, 0.2) is 29.2 Å². The summed E-state index contributed by atoms with van der Waals surface area (Å²) >= 11 is 0. The zero-order valence-corrected chi connectivity index (χ0v) is 17.2. The Balaban J connectivity index is 2.36. The Hall–Kier alpha value is -2.19. The molecule has 0 radical (unpaired) electrons. The molecule has 1 amide bonds. The fourth-order valence-corrected chi connectivity index (χ4v) is 5.13. The van der Waals surface area contributed by atoms with Crippen molar-refractivity contribution in [1.82, 2.24) is 14.1 Å². The number of sulfonamides is 1. The van der Waals surface area contributed by atoms with Gasteiger partial charge in [-0.3, -0.25) is 9.48 Å². The highest BCUT2D eigenvalue weighted by Crippen LogP contribution is 2.24. The van der Waals surface area contributed by atoms with Gasteiger partial charge in [0.1, 0.15) is 4.90 Å². The van der Waals surface area contributed by atoms with Crippen LogP contribution in [0.2, 0.25) is 0 Å². The van der Waals surface area contributed by atoms with E-state index in [0.29, 0.717) is 36.6 Å². The van der Waals surface area contributed by atoms with Crippen LogP contribution in [0.5, 0.6) is 0 Å². The number of rotatable bonds is 9. The largest absolute Gasteiger partial charge is 0.366 e. The first-order chi connectivity index (χ1) is 12.7. The van der Waals surface area contributed by atoms with E-state index in [0.717, 1.165) is 18.4 Å². The number of hydrogen-bond donors (Lipinski definition) is 1. The van der Waals surface area contributed by atoms with Crippen molar-refractivity contribution in [3.8, 4) is 0 Å². The van der Waals surface area contributed by atoms with Gasteiger partial charge in [-0.15, -0.1) is 0 Å². The van der Waals surface area contributed by atoms with Crippen LogP contribution >= 0.6 is 0 Å². The molecule has 0 fully saturated rings. The number of nitrogens with two attached hydrogens (primary N) is 1. The Morgan fingerprint density at radius 3 is 2.15 bits per heavy atom. The summed E-state index contributed by atoms with van der Waals surface area (Å²) in [6, 6.07) is 6.91. The number of primary amides is 1. The molecule has 0 spiro atoms. The summed E-state index contributed by atoms with van der Waals surface area (Å²) in [5, 5.41) is 4.45. The number of carbonyl (C=O) groups excluding carboxylic acids is 1. The molecular formula is C19H28N4O3S. The first kappa shape index (κ1) is 21.1. The molecule has 1 heterocycles. The highest BCUT2D eigenvalue weighted by Gasteiger charge is 2.30. The molecule has 8 heteroatoms. The number of hydrogen-bond acceptors (Lipinski definition) is 4. The zero-order chi connectivity index (χ0) is 20.2. The van der Waals surface area contributed by atoms with Crippen LogP contribution < -0.4 is 5.73 Å². The minimum Gasteiger partial charge on any atom is -0.366 e. The third-order valence-electron chi connectivity index (χ3n) is 4.43. The summed E-state index contributed by atoms with van der Waals surface area (Å²) in [5.41, 5.74) is 7.72. The number of amides is 1. The molecule has 1 aromatic heterocycles. The van der Waals surface area contributed by atoms with Crippen LogP contribution in [0.3, 0.4) is 0 Å². The maximum absolute atomic E-state index is 13.2. The Bertz CT molecular complexity index is 896. The lowest BCUT2D eigenvalue weighted by Gasteiger charge is -2.21. The number of aromatic nitrogens is 2. The summed E-state index contributed by atoms with van der Waals surface area (Å²) in [5.74, 6) is -0.479. The van der Waals surface area contributed by atoms with E-state index < -0.39 is 15.9 Å². The molecule has 2 aromatic rings. The van der Waals surface area contributed by atoms with Crippen molar-refractivity contribution >= 4 is 15.9 Å². The van der Waals surface area contributed by atoms with Crippen molar-refractivity contribution < 1.29 is 13.2 Å². The van der Waals surface area contributed by atoms with E-state index in [1.54, 1.807) is 42.8 Å². The molecule has 0 unspecified atom stereocenters. The van der Waals surface area contributed by atoms with E-state index in [1.807, 2.05) is 13.8 Å². The maximum Gasteiger partial charge on any atom is 0.248 e. The van der Waals surface area contributed by atoms with Crippen LogP contribution in [0.25, 0.3) is 0 Å². The Labute approximate surface area is 161 Å². The first-order valence-corrected chi connectivity index (χ1v) is 10.6. The minimum absolute atomic E-state index is 0.290. The highest BCUT2D eigenvalue weighted by molar-refractivity contribution is 7.89. The molecular weight excluding hydrogens is 364 g/mol. The molecule has 0 saturated heterocycles. The van der Waals surface area contributed by atoms with Gasteiger partial charge in [0.2, 0.25) is 15.9 Å². The first-order valence-electron chi connectivity index (χ1n) is 9.15. The van der Waals surface area contributed by atoms with Crippen LogP contribution in [0, 0.1) is 13.8 Å². The van der Waals surface area contributed by atoms with E-state index in [2.05, 4.69) is 5.10 Å². The van der Waals surface area contributed by atoms with Crippen LogP contribution in [-0.2, 0) is 16.6 Å². The van der Waals surface area contributed by atoms with Gasteiger partial charge in [-0.25, -0.2) is 8.42 Å². The van der Waals surface area contributed by atoms with Gasteiger partial charge in [0.15, 0.2) is 0 Å². The lowest BCUT2D eigenvalue weighted by molar-refractivity contribution is 0.1000. The second kappa shape index (κ2) is 8.67. The molecule has 2 N–H and O–H groups in total. The van der Waals surface area contributed by atoms with E-state index in [1.165, 1.54) is 4.31 Å². The molecule has 27 heavy (non-hydrogen) atoms. The number of aryl methyl sites for hydroxylation is 1. The quantitative estimate of drug-likeness (QED) is 0.709. The van der Waals surface area contributed by atoms with Gasteiger partial charge < -0.3 is 5.73 Å². The van der Waals surface area contributed by atoms with E-state index in [-0.39, 0.29) is 4.90 Å². The highest BCUT2D eigenvalue weighted by atomic mass is 32.2. The van der Waals surface area contributed by atoms with Gasteiger partial charge in [0.05, 0.1) is 17.9 Å².